The van der Waals surface area contributed by atoms with Crippen LogP contribution in [0.3, 0.4) is 0 Å². The molecule has 0 unspecified atom stereocenters. The van der Waals surface area contributed by atoms with E-state index in [0.717, 1.165) is 5.92 Å². The quantitative estimate of drug-likeness (QED) is 0.549. The van der Waals surface area contributed by atoms with E-state index in [1.54, 1.807) is 0 Å². The molecule has 24 heavy (non-hydrogen) atoms. The normalized spacial score (nSPS) is 31.7. The van der Waals surface area contributed by atoms with E-state index in [1.807, 2.05) is 6.08 Å². The standard InChI is InChI=1S/C20H29F3O/c1-2-5-16-8-10-17(11-9-16)6-3-4-7-18-12-14-19(15-13-18)24-20(21,22)23/h3,6,16-19H,2,5,8-15H2,1H3/t16-,17-,18-,19-. The highest BCUT2D eigenvalue weighted by Gasteiger charge is 2.35. The molecular formula is C20H29F3O. The smallest absolute Gasteiger partial charge is 0.289 e. The molecular weight excluding hydrogens is 313 g/mol. The van der Waals surface area contributed by atoms with Crippen LogP contribution in [-0.4, -0.2) is 12.5 Å². The lowest BCUT2D eigenvalue weighted by Crippen LogP contribution is -2.27. The van der Waals surface area contributed by atoms with E-state index in [2.05, 4.69) is 29.6 Å². The Balaban J connectivity index is 1.65. The van der Waals surface area contributed by atoms with Crippen molar-refractivity contribution in [1.82, 2.24) is 0 Å². The fourth-order valence-electron chi connectivity index (χ4n) is 3.94. The molecule has 0 atom stereocenters. The SMILES string of the molecule is CCC[C@H]1CC[C@H](C=CC#C[C@H]2CC[C@H](OC(F)(F)F)CC2)CC1. The van der Waals surface area contributed by atoms with Gasteiger partial charge in [-0.25, -0.2) is 0 Å². The van der Waals surface area contributed by atoms with Crippen molar-refractivity contribution in [2.75, 3.05) is 0 Å². The number of alkyl halides is 3. The Morgan fingerprint density at radius 1 is 1.00 bits per heavy atom. The van der Waals surface area contributed by atoms with Gasteiger partial charge in [-0.05, 0) is 69.3 Å². The fourth-order valence-corrected chi connectivity index (χ4v) is 3.94. The zero-order valence-electron chi connectivity index (χ0n) is 14.6. The summed E-state index contributed by atoms with van der Waals surface area (Å²) >= 11 is 0. The number of rotatable bonds is 4. The van der Waals surface area contributed by atoms with Crippen LogP contribution in [0.2, 0.25) is 0 Å². The van der Waals surface area contributed by atoms with Gasteiger partial charge in [0.1, 0.15) is 0 Å². The molecule has 0 radical (unpaired) electrons. The van der Waals surface area contributed by atoms with Crippen molar-refractivity contribution in [2.24, 2.45) is 17.8 Å². The first-order chi connectivity index (χ1) is 11.5. The van der Waals surface area contributed by atoms with Crippen LogP contribution < -0.4 is 0 Å². The highest BCUT2D eigenvalue weighted by atomic mass is 19.4. The van der Waals surface area contributed by atoms with E-state index in [-0.39, 0.29) is 5.92 Å². The lowest BCUT2D eigenvalue weighted by Gasteiger charge is -2.26. The van der Waals surface area contributed by atoms with Gasteiger partial charge in [0.2, 0.25) is 0 Å². The third-order valence-corrected chi connectivity index (χ3v) is 5.30. The van der Waals surface area contributed by atoms with Crippen LogP contribution in [0.25, 0.3) is 0 Å². The minimum absolute atomic E-state index is 0.211. The molecule has 2 fully saturated rings. The van der Waals surface area contributed by atoms with E-state index in [0.29, 0.717) is 31.6 Å². The monoisotopic (exact) mass is 342 g/mol. The van der Waals surface area contributed by atoms with Crippen LogP contribution in [0.4, 0.5) is 13.2 Å². The van der Waals surface area contributed by atoms with Gasteiger partial charge in [-0.1, -0.05) is 37.7 Å². The van der Waals surface area contributed by atoms with E-state index in [1.165, 1.54) is 38.5 Å². The summed E-state index contributed by atoms with van der Waals surface area (Å²) in [6, 6.07) is 0. The zero-order valence-corrected chi connectivity index (χ0v) is 14.6. The van der Waals surface area contributed by atoms with Gasteiger partial charge in [-0.3, -0.25) is 4.74 Å². The molecule has 2 aliphatic rings. The van der Waals surface area contributed by atoms with Crippen molar-refractivity contribution in [3.05, 3.63) is 12.2 Å². The van der Waals surface area contributed by atoms with Crippen LogP contribution in [0, 0.1) is 29.6 Å². The summed E-state index contributed by atoms with van der Waals surface area (Å²) in [5.74, 6) is 8.09. The Morgan fingerprint density at radius 2 is 1.67 bits per heavy atom. The van der Waals surface area contributed by atoms with Crippen LogP contribution in [0.5, 0.6) is 0 Å². The van der Waals surface area contributed by atoms with Crippen LogP contribution in [0.1, 0.15) is 71.1 Å². The number of hydrogen-bond donors (Lipinski definition) is 0. The van der Waals surface area contributed by atoms with Gasteiger partial charge >= 0.3 is 6.36 Å². The number of halogens is 3. The largest absolute Gasteiger partial charge is 0.522 e. The maximum atomic E-state index is 12.2. The predicted octanol–water partition coefficient (Wildman–Crippen LogP) is 6.25. The van der Waals surface area contributed by atoms with Gasteiger partial charge in [0.25, 0.3) is 0 Å². The predicted molar refractivity (Wildman–Crippen MR) is 90.2 cm³/mol. The van der Waals surface area contributed by atoms with Crippen molar-refractivity contribution in [2.45, 2.75) is 83.6 Å². The lowest BCUT2D eigenvalue weighted by atomic mass is 9.80. The second kappa shape index (κ2) is 9.51. The number of hydrogen-bond acceptors (Lipinski definition) is 1. The van der Waals surface area contributed by atoms with Crippen LogP contribution in [0.15, 0.2) is 12.2 Å². The van der Waals surface area contributed by atoms with E-state index >= 15 is 0 Å². The first-order valence-electron chi connectivity index (χ1n) is 9.38. The summed E-state index contributed by atoms with van der Waals surface area (Å²) in [5.41, 5.74) is 0. The van der Waals surface area contributed by atoms with Gasteiger partial charge in [-0.15, -0.1) is 13.2 Å². The molecule has 0 heterocycles. The van der Waals surface area contributed by atoms with Gasteiger partial charge in [-0.2, -0.15) is 0 Å². The minimum atomic E-state index is -4.51. The first kappa shape index (κ1) is 19.4. The lowest BCUT2D eigenvalue weighted by molar-refractivity contribution is -0.345. The Labute approximate surface area is 144 Å². The first-order valence-corrected chi connectivity index (χ1v) is 9.38. The molecule has 2 rings (SSSR count). The van der Waals surface area contributed by atoms with Crippen molar-refractivity contribution in [3.63, 3.8) is 0 Å². The molecule has 0 N–H and O–H groups in total. The Kier molecular flexibility index (Phi) is 7.68. The van der Waals surface area contributed by atoms with Gasteiger partial charge in [0.05, 0.1) is 6.10 Å². The zero-order chi connectivity index (χ0) is 17.4. The van der Waals surface area contributed by atoms with E-state index < -0.39 is 12.5 Å². The molecule has 0 amide bonds. The van der Waals surface area contributed by atoms with Gasteiger partial charge in [0.15, 0.2) is 0 Å². The summed E-state index contributed by atoms with van der Waals surface area (Å²) in [6.45, 7) is 2.25. The average molecular weight is 342 g/mol. The molecule has 2 saturated carbocycles. The molecule has 0 aromatic heterocycles. The second-order valence-corrected chi connectivity index (χ2v) is 7.25. The maximum absolute atomic E-state index is 12.2. The number of ether oxygens (including phenoxy) is 1. The summed E-state index contributed by atoms with van der Waals surface area (Å²) in [4.78, 5) is 0. The summed E-state index contributed by atoms with van der Waals surface area (Å²) in [6.07, 6.45) is 9.13. The summed E-state index contributed by atoms with van der Waals surface area (Å²) in [7, 11) is 0. The van der Waals surface area contributed by atoms with Crippen LogP contribution >= 0.6 is 0 Å². The molecule has 0 spiro atoms. The molecule has 0 bridgehead atoms. The average Bonchev–Trinajstić information content (AvgIpc) is 2.53. The van der Waals surface area contributed by atoms with Crippen molar-refractivity contribution >= 4 is 0 Å². The molecule has 136 valence electrons. The molecule has 2 aliphatic carbocycles. The highest BCUT2D eigenvalue weighted by Crippen LogP contribution is 2.32. The van der Waals surface area contributed by atoms with E-state index in [9.17, 15) is 13.2 Å². The summed E-state index contributed by atoms with van der Waals surface area (Å²) < 4.78 is 40.6. The van der Waals surface area contributed by atoms with Crippen molar-refractivity contribution < 1.29 is 17.9 Å². The third-order valence-electron chi connectivity index (χ3n) is 5.30. The van der Waals surface area contributed by atoms with E-state index in [4.69, 9.17) is 0 Å². The Bertz CT molecular complexity index is 442. The molecule has 1 nitrogen and oxygen atoms in total. The number of allylic oxidation sites excluding steroid dienone is 2. The molecule has 0 saturated heterocycles. The maximum Gasteiger partial charge on any atom is 0.522 e. The molecule has 4 heteroatoms. The molecule has 0 aromatic rings. The minimum Gasteiger partial charge on any atom is -0.289 e. The highest BCUT2D eigenvalue weighted by molar-refractivity contribution is 5.18. The van der Waals surface area contributed by atoms with Crippen molar-refractivity contribution in [3.8, 4) is 11.8 Å². The molecule has 0 aliphatic heterocycles. The second-order valence-electron chi connectivity index (χ2n) is 7.25. The Morgan fingerprint density at radius 3 is 2.25 bits per heavy atom. The Hall–Kier alpha value is -0.950. The van der Waals surface area contributed by atoms with Gasteiger partial charge < -0.3 is 0 Å². The van der Waals surface area contributed by atoms with Crippen molar-refractivity contribution in [1.29, 1.82) is 0 Å². The summed E-state index contributed by atoms with van der Waals surface area (Å²) in [5, 5.41) is 0. The third kappa shape index (κ3) is 7.30. The van der Waals surface area contributed by atoms with Gasteiger partial charge in [0, 0.05) is 5.92 Å². The topological polar surface area (TPSA) is 9.23 Å². The van der Waals surface area contributed by atoms with Crippen LogP contribution in [-0.2, 0) is 4.74 Å². The fraction of sp³-hybridized carbons (Fsp3) is 0.800. The molecule has 0 aromatic carbocycles.